The Balaban J connectivity index is 1.68. The van der Waals surface area contributed by atoms with E-state index >= 15 is 0 Å². The Morgan fingerprint density at radius 2 is 1.81 bits per heavy atom. The Morgan fingerprint density at radius 1 is 0.962 bits per heavy atom. The molecule has 0 saturated heterocycles. The van der Waals surface area contributed by atoms with E-state index in [-0.39, 0.29) is 5.69 Å². The number of hydrogen-bond acceptors (Lipinski definition) is 4. The number of furan rings is 1. The fourth-order valence-electron chi connectivity index (χ4n) is 2.79. The fourth-order valence-corrected chi connectivity index (χ4v) is 2.79. The van der Waals surface area contributed by atoms with Crippen LogP contribution >= 0.6 is 0 Å². The highest BCUT2D eigenvalue weighted by atomic mass is 16.6. The van der Waals surface area contributed by atoms with Crippen molar-refractivity contribution in [2.45, 2.75) is 0 Å². The predicted molar refractivity (Wildman–Crippen MR) is 99.9 cm³/mol. The molecule has 2 aromatic carbocycles. The minimum absolute atomic E-state index is 0.00901. The van der Waals surface area contributed by atoms with Crippen molar-refractivity contribution in [2.75, 3.05) is 5.32 Å². The summed E-state index contributed by atoms with van der Waals surface area (Å²) in [5.74, 6) is 0.592. The summed E-state index contributed by atoms with van der Waals surface area (Å²) in [7, 11) is 0. The summed E-state index contributed by atoms with van der Waals surface area (Å²) in [6.07, 6.45) is 5.43. The van der Waals surface area contributed by atoms with E-state index in [4.69, 9.17) is 4.42 Å². The lowest BCUT2D eigenvalue weighted by Gasteiger charge is -2.10. The maximum absolute atomic E-state index is 11.5. The number of nitro benzene ring substituents is 1. The van der Waals surface area contributed by atoms with Gasteiger partial charge in [-0.1, -0.05) is 6.07 Å². The van der Waals surface area contributed by atoms with Crippen LogP contribution in [0.25, 0.3) is 17.0 Å². The zero-order chi connectivity index (χ0) is 17.9. The van der Waals surface area contributed by atoms with Gasteiger partial charge in [0.05, 0.1) is 11.2 Å². The Hall–Kier alpha value is -3.80. The molecule has 4 aromatic rings. The Morgan fingerprint density at radius 3 is 2.54 bits per heavy atom. The van der Waals surface area contributed by atoms with Crippen LogP contribution in [0.5, 0.6) is 0 Å². The summed E-state index contributed by atoms with van der Waals surface area (Å²) in [6.45, 7) is 0. The number of anilines is 2. The Kier molecular flexibility index (Phi) is 3.99. The highest BCUT2D eigenvalue weighted by Crippen LogP contribution is 2.33. The van der Waals surface area contributed by atoms with Gasteiger partial charge in [0.2, 0.25) is 0 Å². The molecule has 26 heavy (non-hydrogen) atoms. The molecule has 0 radical (unpaired) electrons. The normalized spacial score (nSPS) is 10.6. The van der Waals surface area contributed by atoms with E-state index in [0.717, 1.165) is 11.4 Å². The second kappa shape index (κ2) is 6.60. The van der Waals surface area contributed by atoms with Crippen molar-refractivity contribution < 1.29 is 9.34 Å². The molecule has 0 aliphatic rings. The van der Waals surface area contributed by atoms with Gasteiger partial charge in [0.1, 0.15) is 11.4 Å². The number of nitrogens with zero attached hydrogens (tertiary/aromatic N) is 2. The van der Waals surface area contributed by atoms with Gasteiger partial charge in [0.25, 0.3) is 5.69 Å². The van der Waals surface area contributed by atoms with Crippen LogP contribution < -0.4 is 5.32 Å². The number of nitro groups is 1. The standard InChI is InChI=1S/C20H15N3O3/c24-23(25)19-13-15(20-7-4-12-26-20)8-9-18(19)21-16-5-3-6-17(14-16)22-10-1-2-11-22/h1-14,21H. The molecule has 2 aromatic heterocycles. The monoisotopic (exact) mass is 345 g/mol. The Bertz CT molecular complexity index is 1040. The minimum atomic E-state index is -0.398. The lowest BCUT2D eigenvalue weighted by molar-refractivity contribution is -0.383. The molecular weight excluding hydrogens is 330 g/mol. The zero-order valence-electron chi connectivity index (χ0n) is 13.7. The van der Waals surface area contributed by atoms with Gasteiger partial charge < -0.3 is 14.3 Å². The number of benzene rings is 2. The van der Waals surface area contributed by atoms with E-state index in [1.807, 2.05) is 53.4 Å². The van der Waals surface area contributed by atoms with E-state index in [0.29, 0.717) is 17.0 Å². The van der Waals surface area contributed by atoms with Crippen LogP contribution in [-0.2, 0) is 0 Å². The molecule has 6 heteroatoms. The summed E-state index contributed by atoms with van der Waals surface area (Å²) < 4.78 is 7.30. The SMILES string of the molecule is O=[N+]([O-])c1cc(-c2ccco2)ccc1Nc1cccc(-n2cccc2)c1. The summed E-state index contributed by atoms with van der Waals surface area (Å²) in [6, 6.07) is 20.1. The van der Waals surface area contributed by atoms with Crippen molar-refractivity contribution in [3.63, 3.8) is 0 Å². The van der Waals surface area contributed by atoms with Crippen LogP contribution in [0.1, 0.15) is 0 Å². The topological polar surface area (TPSA) is 73.2 Å². The maximum Gasteiger partial charge on any atom is 0.293 e. The third-order valence-corrected chi connectivity index (χ3v) is 4.03. The van der Waals surface area contributed by atoms with E-state index in [9.17, 15) is 10.1 Å². The van der Waals surface area contributed by atoms with Crippen molar-refractivity contribution in [3.8, 4) is 17.0 Å². The molecule has 0 unspecified atom stereocenters. The quantitative estimate of drug-likeness (QED) is 0.389. The molecule has 0 atom stereocenters. The molecular formula is C20H15N3O3. The summed E-state index contributed by atoms with van der Waals surface area (Å²) in [5, 5.41) is 14.7. The number of aromatic nitrogens is 1. The van der Waals surface area contributed by atoms with Crippen molar-refractivity contribution in [1.29, 1.82) is 0 Å². The average molecular weight is 345 g/mol. The van der Waals surface area contributed by atoms with Crippen LogP contribution in [-0.4, -0.2) is 9.49 Å². The predicted octanol–water partition coefficient (Wildman–Crippen LogP) is 5.39. The second-order valence-corrected chi connectivity index (χ2v) is 5.73. The number of nitrogens with one attached hydrogen (secondary N) is 1. The molecule has 4 rings (SSSR count). The molecule has 0 aliphatic carbocycles. The third kappa shape index (κ3) is 3.08. The lowest BCUT2D eigenvalue weighted by Crippen LogP contribution is -1.98. The second-order valence-electron chi connectivity index (χ2n) is 5.73. The first-order chi connectivity index (χ1) is 12.7. The number of hydrogen-bond donors (Lipinski definition) is 1. The summed E-state index contributed by atoms with van der Waals surface area (Å²) in [5.41, 5.74) is 2.81. The van der Waals surface area contributed by atoms with E-state index < -0.39 is 4.92 Å². The van der Waals surface area contributed by atoms with Gasteiger partial charge in [-0.05, 0) is 54.6 Å². The van der Waals surface area contributed by atoms with Crippen LogP contribution in [0, 0.1) is 10.1 Å². The van der Waals surface area contributed by atoms with Gasteiger partial charge in [-0.2, -0.15) is 0 Å². The van der Waals surface area contributed by atoms with Gasteiger partial charge in [0, 0.05) is 35.4 Å². The maximum atomic E-state index is 11.5. The summed E-state index contributed by atoms with van der Waals surface area (Å²) in [4.78, 5) is 11.1. The van der Waals surface area contributed by atoms with E-state index in [2.05, 4.69) is 5.32 Å². The van der Waals surface area contributed by atoms with Crippen LogP contribution in [0.4, 0.5) is 17.1 Å². The fraction of sp³-hybridized carbons (Fsp3) is 0. The number of rotatable bonds is 5. The zero-order valence-corrected chi connectivity index (χ0v) is 13.7. The van der Waals surface area contributed by atoms with Gasteiger partial charge in [-0.3, -0.25) is 10.1 Å². The van der Waals surface area contributed by atoms with Crippen molar-refractivity contribution in [3.05, 3.63) is 95.5 Å². The van der Waals surface area contributed by atoms with Gasteiger partial charge in [-0.25, -0.2) is 0 Å². The molecule has 2 heterocycles. The first-order valence-corrected chi connectivity index (χ1v) is 8.03. The van der Waals surface area contributed by atoms with E-state index in [1.165, 1.54) is 6.07 Å². The molecule has 0 bridgehead atoms. The van der Waals surface area contributed by atoms with Crippen LogP contribution in [0.15, 0.2) is 89.8 Å². The molecule has 0 aliphatic heterocycles. The largest absolute Gasteiger partial charge is 0.464 e. The lowest BCUT2D eigenvalue weighted by atomic mass is 10.1. The molecule has 6 nitrogen and oxygen atoms in total. The molecule has 0 fully saturated rings. The Labute approximate surface area is 149 Å². The molecule has 0 spiro atoms. The third-order valence-electron chi connectivity index (χ3n) is 4.03. The molecule has 1 N–H and O–H groups in total. The molecule has 0 amide bonds. The molecule has 128 valence electrons. The molecule has 0 saturated carbocycles. The smallest absolute Gasteiger partial charge is 0.293 e. The average Bonchev–Trinajstić information content (AvgIpc) is 3.36. The highest BCUT2D eigenvalue weighted by molar-refractivity contribution is 5.75. The van der Waals surface area contributed by atoms with Crippen molar-refractivity contribution >= 4 is 17.1 Å². The first kappa shape index (κ1) is 15.7. The minimum Gasteiger partial charge on any atom is -0.464 e. The van der Waals surface area contributed by atoms with Crippen molar-refractivity contribution in [1.82, 2.24) is 4.57 Å². The van der Waals surface area contributed by atoms with Crippen LogP contribution in [0.3, 0.4) is 0 Å². The highest BCUT2D eigenvalue weighted by Gasteiger charge is 2.16. The van der Waals surface area contributed by atoms with Gasteiger partial charge >= 0.3 is 0 Å². The van der Waals surface area contributed by atoms with E-state index in [1.54, 1.807) is 30.5 Å². The van der Waals surface area contributed by atoms with Gasteiger partial charge in [-0.15, -0.1) is 0 Å². The van der Waals surface area contributed by atoms with Gasteiger partial charge in [0.15, 0.2) is 0 Å². The van der Waals surface area contributed by atoms with Crippen molar-refractivity contribution in [2.24, 2.45) is 0 Å². The first-order valence-electron chi connectivity index (χ1n) is 8.03. The summed E-state index contributed by atoms with van der Waals surface area (Å²) >= 11 is 0. The van der Waals surface area contributed by atoms with Crippen LogP contribution in [0.2, 0.25) is 0 Å².